The van der Waals surface area contributed by atoms with Crippen LogP contribution in [-0.2, 0) is 4.84 Å². The summed E-state index contributed by atoms with van der Waals surface area (Å²) in [4.78, 5) is 5.13. The van der Waals surface area contributed by atoms with Gasteiger partial charge in [-0.15, -0.1) is 0 Å². The van der Waals surface area contributed by atoms with Gasteiger partial charge in [0, 0.05) is 13.0 Å². The Labute approximate surface area is 61.9 Å². The predicted molar refractivity (Wildman–Crippen MR) is 39.1 cm³/mol. The van der Waals surface area contributed by atoms with Gasteiger partial charge >= 0.3 is 0 Å². The van der Waals surface area contributed by atoms with Gasteiger partial charge in [0.2, 0.25) is 0 Å². The molecule has 1 N–H and O–H groups in total. The molecule has 3 nitrogen and oxygen atoms in total. The molecular weight excluding hydrogens is 128 g/mol. The summed E-state index contributed by atoms with van der Waals surface area (Å²) in [6.45, 7) is 6.44. The van der Waals surface area contributed by atoms with Crippen molar-refractivity contribution in [1.29, 1.82) is 5.26 Å². The lowest BCUT2D eigenvalue weighted by Gasteiger charge is -2.18. The molecule has 0 aromatic carbocycles. The normalized spacial score (nSPS) is 11.0. The molecule has 0 saturated heterocycles. The lowest BCUT2D eigenvalue weighted by molar-refractivity contribution is -0.0714. The molecular formula is C7H14N2O. The van der Waals surface area contributed by atoms with Crippen molar-refractivity contribution >= 4 is 0 Å². The monoisotopic (exact) mass is 142 g/mol. The van der Waals surface area contributed by atoms with Gasteiger partial charge in [-0.25, -0.2) is 5.48 Å². The van der Waals surface area contributed by atoms with E-state index in [1.54, 1.807) is 0 Å². The minimum absolute atomic E-state index is 0.171. The Hall–Kier alpha value is -0.590. The summed E-state index contributed by atoms with van der Waals surface area (Å²) in [5.41, 5.74) is 2.53. The summed E-state index contributed by atoms with van der Waals surface area (Å²) in [6, 6.07) is 2.01. The lowest BCUT2D eigenvalue weighted by Crippen LogP contribution is -2.29. The molecule has 0 rings (SSSR count). The van der Waals surface area contributed by atoms with Crippen LogP contribution in [0.5, 0.6) is 0 Å². The predicted octanol–water partition coefficient (Wildman–Crippen LogP) is 1.22. The van der Waals surface area contributed by atoms with Crippen molar-refractivity contribution in [3.8, 4) is 6.07 Å². The molecule has 0 aromatic rings. The quantitative estimate of drug-likeness (QED) is 0.476. The second kappa shape index (κ2) is 4.26. The van der Waals surface area contributed by atoms with Crippen molar-refractivity contribution in [2.24, 2.45) is 0 Å². The first-order valence-corrected chi connectivity index (χ1v) is 3.34. The highest BCUT2D eigenvalue weighted by Gasteiger charge is 2.08. The van der Waals surface area contributed by atoms with Crippen LogP contribution in [-0.4, -0.2) is 12.1 Å². The lowest BCUT2D eigenvalue weighted by atomic mass is 10.2. The Morgan fingerprint density at radius 2 is 2.10 bits per heavy atom. The SMILES string of the molecule is CC(C)(C)ONCCC#N. The van der Waals surface area contributed by atoms with E-state index in [1.807, 2.05) is 26.8 Å². The fourth-order valence-corrected chi connectivity index (χ4v) is 0.374. The Balaban J connectivity index is 3.14. The fraction of sp³-hybridized carbons (Fsp3) is 0.857. The second-order valence-electron chi connectivity index (χ2n) is 3.02. The Bertz CT molecular complexity index is 121. The van der Waals surface area contributed by atoms with E-state index in [-0.39, 0.29) is 5.60 Å². The topological polar surface area (TPSA) is 45.0 Å². The van der Waals surface area contributed by atoms with E-state index in [0.29, 0.717) is 13.0 Å². The Morgan fingerprint density at radius 3 is 2.50 bits per heavy atom. The molecule has 0 atom stereocenters. The van der Waals surface area contributed by atoms with E-state index < -0.39 is 0 Å². The zero-order valence-corrected chi connectivity index (χ0v) is 6.77. The molecule has 0 amide bonds. The van der Waals surface area contributed by atoms with Crippen LogP contribution in [0.25, 0.3) is 0 Å². The van der Waals surface area contributed by atoms with Gasteiger partial charge in [-0.05, 0) is 20.8 Å². The van der Waals surface area contributed by atoms with Gasteiger partial charge in [-0.1, -0.05) is 0 Å². The summed E-state index contributed by atoms with van der Waals surface area (Å²) in [5, 5.41) is 8.15. The molecule has 0 spiro atoms. The van der Waals surface area contributed by atoms with Crippen LogP contribution in [0.15, 0.2) is 0 Å². The zero-order chi connectivity index (χ0) is 8.04. The fourth-order valence-electron chi connectivity index (χ4n) is 0.374. The number of hydrogen-bond acceptors (Lipinski definition) is 3. The summed E-state index contributed by atoms with van der Waals surface area (Å²) < 4.78 is 0. The molecule has 3 heteroatoms. The molecule has 0 saturated carbocycles. The molecule has 10 heavy (non-hydrogen) atoms. The van der Waals surface area contributed by atoms with Crippen LogP contribution in [0, 0.1) is 11.3 Å². The average Bonchev–Trinajstić information content (AvgIpc) is 1.78. The standard InChI is InChI=1S/C7H14N2O/c1-7(2,3)10-9-6-4-5-8/h9H,4,6H2,1-3H3. The molecule has 0 radical (unpaired) electrons. The summed E-state index contributed by atoms with van der Waals surface area (Å²) in [5.74, 6) is 0. The molecule has 58 valence electrons. The highest BCUT2D eigenvalue weighted by atomic mass is 16.7. The first-order chi connectivity index (χ1) is 4.56. The van der Waals surface area contributed by atoms with E-state index in [9.17, 15) is 0 Å². The highest BCUT2D eigenvalue weighted by molar-refractivity contribution is 4.68. The van der Waals surface area contributed by atoms with Crippen LogP contribution in [0.1, 0.15) is 27.2 Å². The van der Waals surface area contributed by atoms with Gasteiger partial charge in [0.05, 0.1) is 11.7 Å². The molecule has 0 bridgehead atoms. The number of rotatable bonds is 3. The molecule has 0 aliphatic rings. The molecule has 0 aliphatic heterocycles. The summed E-state index contributed by atoms with van der Waals surface area (Å²) in [6.07, 6.45) is 0.482. The molecule has 0 aromatic heterocycles. The third kappa shape index (κ3) is 7.41. The van der Waals surface area contributed by atoms with Gasteiger partial charge in [0.15, 0.2) is 0 Å². The van der Waals surface area contributed by atoms with Crippen molar-refractivity contribution in [3.63, 3.8) is 0 Å². The summed E-state index contributed by atoms with van der Waals surface area (Å²) in [7, 11) is 0. The first kappa shape index (κ1) is 9.41. The molecule has 0 fully saturated rings. The van der Waals surface area contributed by atoms with Crippen LogP contribution >= 0.6 is 0 Å². The zero-order valence-electron chi connectivity index (χ0n) is 6.77. The largest absolute Gasteiger partial charge is 0.296 e. The van der Waals surface area contributed by atoms with Crippen molar-refractivity contribution in [1.82, 2.24) is 5.48 Å². The maximum Gasteiger partial charge on any atom is 0.0812 e. The van der Waals surface area contributed by atoms with Crippen molar-refractivity contribution < 1.29 is 4.84 Å². The minimum Gasteiger partial charge on any atom is -0.296 e. The maximum atomic E-state index is 8.15. The third-order valence-corrected chi connectivity index (χ3v) is 0.717. The Morgan fingerprint density at radius 1 is 1.50 bits per heavy atom. The van der Waals surface area contributed by atoms with Gasteiger partial charge in [0.1, 0.15) is 0 Å². The maximum absolute atomic E-state index is 8.15. The highest BCUT2D eigenvalue weighted by Crippen LogP contribution is 2.02. The van der Waals surface area contributed by atoms with Crippen molar-refractivity contribution in [3.05, 3.63) is 0 Å². The van der Waals surface area contributed by atoms with Crippen LogP contribution in [0.2, 0.25) is 0 Å². The number of nitrogens with one attached hydrogen (secondary N) is 1. The van der Waals surface area contributed by atoms with Crippen molar-refractivity contribution in [2.45, 2.75) is 32.8 Å². The van der Waals surface area contributed by atoms with E-state index in [2.05, 4.69) is 5.48 Å². The number of hydroxylamine groups is 1. The molecule has 0 aliphatic carbocycles. The van der Waals surface area contributed by atoms with Crippen LogP contribution in [0.4, 0.5) is 0 Å². The van der Waals surface area contributed by atoms with Gasteiger partial charge in [-0.3, -0.25) is 4.84 Å². The Kier molecular flexibility index (Phi) is 4.01. The summed E-state index contributed by atoms with van der Waals surface area (Å²) >= 11 is 0. The van der Waals surface area contributed by atoms with E-state index in [4.69, 9.17) is 10.1 Å². The van der Waals surface area contributed by atoms with Crippen molar-refractivity contribution in [2.75, 3.05) is 6.54 Å². The first-order valence-electron chi connectivity index (χ1n) is 3.34. The molecule has 0 heterocycles. The van der Waals surface area contributed by atoms with Gasteiger partial charge < -0.3 is 0 Å². The number of nitrogens with zero attached hydrogens (tertiary/aromatic N) is 1. The van der Waals surface area contributed by atoms with Gasteiger partial charge in [-0.2, -0.15) is 5.26 Å². The minimum atomic E-state index is -0.171. The second-order valence-corrected chi connectivity index (χ2v) is 3.02. The van der Waals surface area contributed by atoms with E-state index >= 15 is 0 Å². The number of nitriles is 1. The van der Waals surface area contributed by atoms with E-state index in [1.165, 1.54) is 0 Å². The van der Waals surface area contributed by atoms with Crippen LogP contribution in [0.3, 0.4) is 0 Å². The van der Waals surface area contributed by atoms with Crippen LogP contribution < -0.4 is 5.48 Å². The smallest absolute Gasteiger partial charge is 0.0812 e. The number of hydrogen-bond donors (Lipinski definition) is 1. The van der Waals surface area contributed by atoms with Gasteiger partial charge in [0.25, 0.3) is 0 Å². The van der Waals surface area contributed by atoms with E-state index in [0.717, 1.165) is 0 Å². The average molecular weight is 142 g/mol. The third-order valence-electron chi connectivity index (χ3n) is 0.717. The molecule has 0 unspecified atom stereocenters.